The summed E-state index contributed by atoms with van der Waals surface area (Å²) >= 11 is 0. The molecule has 1 fully saturated rings. The van der Waals surface area contributed by atoms with Crippen molar-refractivity contribution in [2.75, 3.05) is 26.2 Å². The van der Waals surface area contributed by atoms with Crippen molar-refractivity contribution >= 4 is 12.1 Å². The molecule has 1 atom stereocenters. The molecule has 22 heavy (non-hydrogen) atoms. The molecule has 1 aliphatic rings. The Balaban J connectivity index is 1.91. The summed E-state index contributed by atoms with van der Waals surface area (Å²) in [5.74, 6) is -0.419. The number of aromatic nitrogens is 2. The second-order valence-corrected chi connectivity index (χ2v) is 5.28. The molecule has 2 heterocycles. The summed E-state index contributed by atoms with van der Waals surface area (Å²) in [6.07, 6.45) is -0.138. The van der Waals surface area contributed by atoms with Gasteiger partial charge in [-0.1, -0.05) is 0 Å². The molecule has 0 radical (unpaired) electrons. The molecule has 0 aliphatic carbocycles. The number of nitrogens with one attached hydrogen (secondary N) is 1. The van der Waals surface area contributed by atoms with Crippen LogP contribution in [0, 0.1) is 6.92 Å². The van der Waals surface area contributed by atoms with Gasteiger partial charge in [-0.3, -0.25) is 4.68 Å². The Morgan fingerprint density at radius 2 is 2.32 bits per heavy atom. The maximum Gasteiger partial charge on any atom is 0.407 e. The van der Waals surface area contributed by atoms with Crippen molar-refractivity contribution in [3.05, 3.63) is 17.5 Å². The number of hydrogen-bond donors (Lipinski definition) is 2. The Morgan fingerprint density at radius 3 is 3.00 bits per heavy atom. The highest BCUT2D eigenvalue weighted by atomic mass is 16.5. The third-order valence-corrected chi connectivity index (χ3v) is 3.68. The zero-order valence-electron chi connectivity index (χ0n) is 12.9. The number of ether oxygens (including phenoxy) is 1. The number of carboxylic acid groups (broad SMARTS) is 1. The molecule has 1 saturated heterocycles. The van der Waals surface area contributed by atoms with Gasteiger partial charge in [-0.05, 0) is 26.3 Å². The van der Waals surface area contributed by atoms with Crippen molar-refractivity contribution in [1.82, 2.24) is 20.0 Å². The Morgan fingerprint density at radius 1 is 1.55 bits per heavy atom. The van der Waals surface area contributed by atoms with Gasteiger partial charge in [-0.2, -0.15) is 5.10 Å². The van der Waals surface area contributed by atoms with Crippen molar-refractivity contribution in [3.8, 4) is 0 Å². The Labute approximate surface area is 129 Å². The number of nitrogens with zero attached hydrogens (tertiary/aromatic N) is 3. The van der Waals surface area contributed by atoms with Crippen LogP contribution in [0.4, 0.5) is 4.79 Å². The molecule has 122 valence electrons. The smallest absolute Gasteiger partial charge is 0.407 e. The number of carbonyl (C=O) groups is 2. The third-order valence-electron chi connectivity index (χ3n) is 3.68. The van der Waals surface area contributed by atoms with Gasteiger partial charge >= 0.3 is 12.1 Å². The fourth-order valence-corrected chi connectivity index (χ4v) is 2.51. The number of rotatable bonds is 5. The number of amides is 1. The van der Waals surface area contributed by atoms with E-state index in [1.165, 1.54) is 4.90 Å². The van der Waals surface area contributed by atoms with Crippen molar-refractivity contribution in [1.29, 1.82) is 0 Å². The fraction of sp³-hybridized carbons (Fsp3) is 0.643. The van der Waals surface area contributed by atoms with Gasteiger partial charge in [0, 0.05) is 37.9 Å². The summed E-state index contributed by atoms with van der Waals surface area (Å²) in [7, 11) is 0. The van der Waals surface area contributed by atoms with Gasteiger partial charge < -0.3 is 20.1 Å². The van der Waals surface area contributed by atoms with Crippen LogP contribution in [-0.4, -0.2) is 64.1 Å². The van der Waals surface area contributed by atoms with E-state index in [2.05, 4.69) is 10.4 Å². The standard InChI is InChI=1S/C14H22N4O4/c1-3-22-13(19)12-8-10(2)18(16-12)6-4-11-9-17(14(20)21)7-5-15-11/h8,11,15H,3-7,9H2,1-2H3,(H,20,21)/t11-/m1/s1. The molecule has 2 rings (SSSR count). The van der Waals surface area contributed by atoms with E-state index in [1.807, 2.05) is 6.92 Å². The molecule has 0 spiro atoms. The van der Waals surface area contributed by atoms with Gasteiger partial charge in [0.25, 0.3) is 0 Å². The van der Waals surface area contributed by atoms with E-state index in [9.17, 15) is 9.59 Å². The van der Waals surface area contributed by atoms with Gasteiger partial charge in [-0.15, -0.1) is 0 Å². The molecule has 2 N–H and O–H groups in total. The van der Waals surface area contributed by atoms with Crippen LogP contribution in [0.5, 0.6) is 0 Å². The van der Waals surface area contributed by atoms with Gasteiger partial charge in [0.05, 0.1) is 6.61 Å². The van der Waals surface area contributed by atoms with Crippen LogP contribution in [-0.2, 0) is 11.3 Å². The minimum Gasteiger partial charge on any atom is -0.465 e. The Bertz CT molecular complexity index is 543. The molecule has 8 nitrogen and oxygen atoms in total. The van der Waals surface area contributed by atoms with Crippen molar-refractivity contribution in [2.45, 2.75) is 32.9 Å². The summed E-state index contributed by atoms with van der Waals surface area (Å²) in [6, 6.07) is 1.80. The van der Waals surface area contributed by atoms with Crippen LogP contribution >= 0.6 is 0 Å². The molecule has 0 bridgehead atoms. The highest BCUT2D eigenvalue weighted by molar-refractivity contribution is 5.87. The molecular formula is C14H22N4O4. The second kappa shape index (κ2) is 7.26. The van der Waals surface area contributed by atoms with E-state index in [1.54, 1.807) is 17.7 Å². The lowest BCUT2D eigenvalue weighted by Gasteiger charge is -2.31. The number of hydrogen-bond acceptors (Lipinski definition) is 5. The van der Waals surface area contributed by atoms with E-state index in [0.29, 0.717) is 38.5 Å². The van der Waals surface area contributed by atoms with E-state index in [-0.39, 0.29) is 6.04 Å². The molecule has 0 saturated carbocycles. The van der Waals surface area contributed by atoms with E-state index < -0.39 is 12.1 Å². The molecule has 0 unspecified atom stereocenters. The highest BCUT2D eigenvalue weighted by Crippen LogP contribution is 2.09. The number of esters is 1. The molecule has 1 amide bonds. The molecule has 0 aromatic carbocycles. The van der Waals surface area contributed by atoms with Gasteiger partial charge in [0.1, 0.15) is 0 Å². The largest absolute Gasteiger partial charge is 0.465 e. The first kappa shape index (κ1) is 16.3. The minimum absolute atomic E-state index is 0.0968. The number of carbonyl (C=O) groups excluding carboxylic acids is 1. The van der Waals surface area contributed by atoms with Crippen LogP contribution in [0.2, 0.25) is 0 Å². The maximum atomic E-state index is 11.7. The Hall–Kier alpha value is -2.09. The van der Waals surface area contributed by atoms with Crippen molar-refractivity contribution < 1.29 is 19.4 Å². The summed E-state index contributed by atoms with van der Waals surface area (Å²) in [6.45, 7) is 6.22. The average molecular weight is 310 g/mol. The zero-order valence-corrected chi connectivity index (χ0v) is 12.9. The number of piperazine rings is 1. The molecule has 1 aromatic rings. The minimum atomic E-state index is -0.883. The van der Waals surface area contributed by atoms with Crippen LogP contribution in [0.25, 0.3) is 0 Å². The zero-order chi connectivity index (χ0) is 16.1. The summed E-state index contributed by atoms with van der Waals surface area (Å²) < 4.78 is 6.69. The Kier molecular flexibility index (Phi) is 5.37. The van der Waals surface area contributed by atoms with Crippen LogP contribution in [0.1, 0.15) is 29.5 Å². The summed E-state index contributed by atoms with van der Waals surface area (Å²) in [5.41, 5.74) is 1.19. The summed E-state index contributed by atoms with van der Waals surface area (Å²) in [5, 5.41) is 16.6. The number of aryl methyl sites for hydroxylation is 2. The second-order valence-electron chi connectivity index (χ2n) is 5.28. The molecule has 8 heteroatoms. The molecular weight excluding hydrogens is 288 g/mol. The molecule has 1 aromatic heterocycles. The van der Waals surface area contributed by atoms with Gasteiger partial charge in [0.15, 0.2) is 5.69 Å². The highest BCUT2D eigenvalue weighted by Gasteiger charge is 2.23. The predicted molar refractivity (Wildman–Crippen MR) is 78.9 cm³/mol. The normalized spacial score (nSPS) is 18.3. The lowest BCUT2D eigenvalue weighted by atomic mass is 10.1. The van der Waals surface area contributed by atoms with Gasteiger partial charge in [0.2, 0.25) is 0 Å². The van der Waals surface area contributed by atoms with Crippen LogP contribution in [0.15, 0.2) is 6.07 Å². The lowest BCUT2D eigenvalue weighted by molar-refractivity contribution is 0.0518. The summed E-state index contributed by atoms with van der Waals surface area (Å²) in [4.78, 5) is 24.1. The maximum absolute atomic E-state index is 11.7. The fourth-order valence-electron chi connectivity index (χ4n) is 2.51. The first-order valence-electron chi connectivity index (χ1n) is 7.44. The van der Waals surface area contributed by atoms with E-state index in [0.717, 1.165) is 12.1 Å². The molecule has 1 aliphatic heterocycles. The van der Waals surface area contributed by atoms with Crippen LogP contribution < -0.4 is 5.32 Å². The van der Waals surface area contributed by atoms with Crippen LogP contribution in [0.3, 0.4) is 0 Å². The predicted octanol–water partition coefficient (Wildman–Crippen LogP) is 0.710. The first-order valence-corrected chi connectivity index (χ1v) is 7.44. The van der Waals surface area contributed by atoms with Gasteiger partial charge in [-0.25, -0.2) is 9.59 Å². The topological polar surface area (TPSA) is 96.7 Å². The van der Waals surface area contributed by atoms with E-state index in [4.69, 9.17) is 9.84 Å². The quantitative estimate of drug-likeness (QED) is 0.778. The van der Waals surface area contributed by atoms with Crippen molar-refractivity contribution in [2.24, 2.45) is 0 Å². The van der Waals surface area contributed by atoms with Crippen molar-refractivity contribution in [3.63, 3.8) is 0 Å². The third kappa shape index (κ3) is 3.97. The van der Waals surface area contributed by atoms with E-state index >= 15 is 0 Å². The monoisotopic (exact) mass is 310 g/mol. The lowest BCUT2D eigenvalue weighted by Crippen LogP contribution is -2.52. The SMILES string of the molecule is CCOC(=O)c1cc(C)n(CC[C@@H]2CN(C(=O)O)CCN2)n1. The first-order chi connectivity index (χ1) is 10.5. The average Bonchev–Trinajstić information content (AvgIpc) is 2.87.